The van der Waals surface area contributed by atoms with Gasteiger partial charge in [0.05, 0.1) is 11.0 Å². The standard InChI is InChI=1S/C51H33NOS.C2H6/c1-51(2)42-22-21-37-36-13-7-9-15-48(36)54-50(37)49(42)38-20-19-34(29-43(38)51)52-44-23-16-31(30-10-4-3-5-11-30)26-39(44)40-27-32(17-24-45(40)52)33-18-25-47-41(28-33)35-12-6-8-14-46(35)53-47;1-2/h3-29H,1-2H3;1-2H3. The topological polar surface area (TPSA) is 18.1 Å². The van der Waals surface area contributed by atoms with Crippen LogP contribution in [0, 0.1) is 0 Å². The van der Waals surface area contributed by atoms with E-state index in [-0.39, 0.29) is 5.41 Å². The van der Waals surface area contributed by atoms with E-state index >= 15 is 0 Å². The van der Waals surface area contributed by atoms with Crippen LogP contribution in [-0.2, 0) is 5.41 Å². The highest BCUT2D eigenvalue weighted by Gasteiger charge is 2.37. The summed E-state index contributed by atoms with van der Waals surface area (Å²) in [6.45, 7) is 8.79. The second-order valence-corrected chi connectivity index (χ2v) is 16.3. The van der Waals surface area contributed by atoms with Crippen LogP contribution in [0.5, 0.6) is 0 Å². The Balaban J connectivity index is 0.00000179. The maximum Gasteiger partial charge on any atom is 0.135 e. The van der Waals surface area contributed by atoms with Gasteiger partial charge in [0, 0.05) is 58.4 Å². The third-order valence-corrected chi connectivity index (χ3v) is 13.2. The van der Waals surface area contributed by atoms with Crippen LogP contribution in [0.4, 0.5) is 0 Å². The number of aromatic nitrogens is 1. The SMILES string of the molecule is CC.CC1(C)c2cc(-n3c4ccc(-c5ccccc5)cc4c4cc(-c5ccc6oc7ccccc7c6c5)ccc43)ccc2-c2c1ccc1c2sc2ccccc21. The number of hydrogen-bond acceptors (Lipinski definition) is 2. The minimum atomic E-state index is -0.132. The number of hydrogen-bond donors (Lipinski definition) is 0. The fourth-order valence-corrected chi connectivity index (χ4v) is 10.6. The number of nitrogens with zero attached hydrogens (tertiary/aromatic N) is 1. The molecule has 268 valence electrons. The summed E-state index contributed by atoms with van der Waals surface area (Å²) in [6.07, 6.45) is 0. The van der Waals surface area contributed by atoms with E-state index in [4.69, 9.17) is 4.42 Å². The van der Waals surface area contributed by atoms with Gasteiger partial charge >= 0.3 is 0 Å². The molecular weight excluding hydrogens is 699 g/mol. The average molecular weight is 738 g/mol. The van der Waals surface area contributed by atoms with Gasteiger partial charge in [-0.1, -0.05) is 131 Å². The zero-order valence-corrected chi connectivity index (χ0v) is 32.7. The van der Waals surface area contributed by atoms with Gasteiger partial charge in [0.15, 0.2) is 0 Å². The molecule has 0 bridgehead atoms. The fourth-order valence-electron chi connectivity index (χ4n) is 9.33. The second kappa shape index (κ2) is 12.3. The number of para-hydroxylation sites is 1. The van der Waals surface area contributed by atoms with E-state index in [1.165, 1.54) is 92.2 Å². The summed E-state index contributed by atoms with van der Waals surface area (Å²) in [4.78, 5) is 0. The van der Waals surface area contributed by atoms with Gasteiger partial charge in [0.2, 0.25) is 0 Å². The van der Waals surface area contributed by atoms with Gasteiger partial charge in [-0.15, -0.1) is 11.3 Å². The molecule has 0 fully saturated rings. The summed E-state index contributed by atoms with van der Waals surface area (Å²) in [5, 5.41) is 7.49. The average Bonchev–Trinajstić information content (AvgIpc) is 3.97. The first kappa shape index (κ1) is 33.0. The lowest BCUT2D eigenvalue weighted by Gasteiger charge is -2.22. The first-order chi connectivity index (χ1) is 27.5. The Kier molecular flexibility index (Phi) is 7.24. The van der Waals surface area contributed by atoms with Crippen LogP contribution in [0.2, 0.25) is 0 Å². The first-order valence-electron chi connectivity index (χ1n) is 19.7. The molecule has 3 heteroatoms. The quantitative estimate of drug-likeness (QED) is 0.177. The Morgan fingerprint density at radius 3 is 1.86 bits per heavy atom. The number of fused-ring (bicyclic) bond motifs is 13. The Bertz CT molecular complexity index is 3360. The van der Waals surface area contributed by atoms with Crippen molar-refractivity contribution >= 4 is 75.3 Å². The number of thiophene rings is 1. The molecule has 0 saturated heterocycles. The molecule has 1 aliphatic carbocycles. The van der Waals surface area contributed by atoms with Crippen molar-refractivity contribution in [2.24, 2.45) is 0 Å². The molecule has 2 nitrogen and oxygen atoms in total. The maximum atomic E-state index is 6.18. The fraction of sp³-hybridized carbons (Fsp3) is 0.0943. The van der Waals surface area contributed by atoms with Crippen LogP contribution in [0.1, 0.15) is 38.8 Å². The Morgan fingerprint density at radius 1 is 0.464 bits per heavy atom. The van der Waals surface area contributed by atoms with Crippen molar-refractivity contribution in [1.29, 1.82) is 0 Å². The molecule has 0 radical (unpaired) electrons. The predicted octanol–water partition coefficient (Wildman–Crippen LogP) is 15.7. The van der Waals surface area contributed by atoms with Gasteiger partial charge in [-0.2, -0.15) is 0 Å². The Morgan fingerprint density at radius 2 is 1.09 bits per heavy atom. The van der Waals surface area contributed by atoms with Crippen LogP contribution in [0.15, 0.2) is 168 Å². The molecule has 3 heterocycles. The summed E-state index contributed by atoms with van der Waals surface area (Å²) >= 11 is 1.93. The van der Waals surface area contributed by atoms with Gasteiger partial charge in [-0.25, -0.2) is 0 Å². The third kappa shape index (κ3) is 4.68. The summed E-state index contributed by atoms with van der Waals surface area (Å²) in [7, 11) is 0. The summed E-state index contributed by atoms with van der Waals surface area (Å²) in [5.74, 6) is 0. The van der Waals surface area contributed by atoms with E-state index < -0.39 is 0 Å². The van der Waals surface area contributed by atoms with Crippen LogP contribution in [0.3, 0.4) is 0 Å². The number of rotatable bonds is 3. The van der Waals surface area contributed by atoms with Crippen molar-refractivity contribution < 1.29 is 4.42 Å². The van der Waals surface area contributed by atoms with Gasteiger partial charge in [0.25, 0.3) is 0 Å². The van der Waals surface area contributed by atoms with E-state index in [1.807, 2.05) is 37.3 Å². The lowest BCUT2D eigenvalue weighted by molar-refractivity contribution is 0.660. The molecule has 56 heavy (non-hydrogen) atoms. The van der Waals surface area contributed by atoms with Crippen molar-refractivity contribution in [2.75, 3.05) is 0 Å². The molecule has 12 rings (SSSR count). The lowest BCUT2D eigenvalue weighted by Crippen LogP contribution is -2.15. The van der Waals surface area contributed by atoms with E-state index in [1.54, 1.807) is 0 Å². The second-order valence-electron chi connectivity index (χ2n) is 15.3. The normalized spacial score (nSPS) is 13.1. The van der Waals surface area contributed by atoms with Crippen molar-refractivity contribution in [3.8, 4) is 39.1 Å². The largest absolute Gasteiger partial charge is 0.456 e. The van der Waals surface area contributed by atoms with E-state index in [2.05, 4.69) is 170 Å². The van der Waals surface area contributed by atoms with Gasteiger partial charge < -0.3 is 8.98 Å². The number of benzene rings is 8. The maximum absolute atomic E-state index is 6.18. The number of furan rings is 1. The summed E-state index contributed by atoms with van der Waals surface area (Å²) in [6, 6.07) is 60.3. The molecule has 0 N–H and O–H groups in total. The smallest absolute Gasteiger partial charge is 0.135 e. The van der Waals surface area contributed by atoms with Crippen molar-refractivity contribution in [3.05, 3.63) is 175 Å². The highest BCUT2D eigenvalue weighted by molar-refractivity contribution is 7.26. The van der Waals surface area contributed by atoms with Crippen LogP contribution in [0.25, 0.3) is 103 Å². The molecule has 0 spiro atoms. The zero-order chi connectivity index (χ0) is 37.7. The molecule has 0 saturated carbocycles. The summed E-state index contributed by atoms with van der Waals surface area (Å²) < 4.78 is 11.4. The Hall–Kier alpha value is -6.42. The van der Waals surface area contributed by atoms with E-state index in [0.717, 1.165) is 21.9 Å². The third-order valence-electron chi connectivity index (χ3n) is 12.0. The van der Waals surface area contributed by atoms with Crippen molar-refractivity contribution in [3.63, 3.8) is 0 Å². The highest BCUT2D eigenvalue weighted by atomic mass is 32.1. The minimum absolute atomic E-state index is 0.132. The Labute approximate surface area is 329 Å². The van der Waals surface area contributed by atoms with Crippen LogP contribution >= 0.6 is 11.3 Å². The minimum Gasteiger partial charge on any atom is -0.456 e. The van der Waals surface area contributed by atoms with Crippen LogP contribution in [-0.4, -0.2) is 4.57 Å². The lowest BCUT2D eigenvalue weighted by atomic mass is 9.82. The van der Waals surface area contributed by atoms with Crippen LogP contribution < -0.4 is 0 Å². The molecule has 0 aliphatic heterocycles. The van der Waals surface area contributed by atoms with Gasteiger partial charge in [-0.05, 0) is 99.6 Å². The van der Waals surface area contributed by atoms with Gasteiger partial charge in [0.1, 0.15) is 11.2 Å². The monoisotopic (exact) mass is 737 g/mol. The van der Waals surface area contributed by atoms with E-state index in [0.29, 0.717) is 0 Å². The zero-order valence-electron chi connectivity index (χ0n) is 31.9. The molecule has 3 aromatic heterocycles. The molecule has 11 aromatic rings. The summed E-state index contributed by atoms with van der Waals surface area (Å²) in [5.41, 5.74) is 15.7. The van der Waals surface area contributed by atoms with Crippen molar-refractivity contribution in [1.82, 2.24) is 4.57 Å². The van der Waals surface area contributed by atoms with E-state index in [9.17, 15) is 0 Å². The highest BCUT2D eigenvalue weighted by Crippen LogP contribution is 2.54. The molecule has 8 aromatic carbocycles. The predicted molar refractivity (Wildman–Crippen MR) is 241 cm³/mol. The molecule has 0 atom stereocenters. The molecular formula is C53H39NOS. The molecule has 0 unspecified atom stereocenters. The van der Waals surface area contributed by atoms with Gasteiger partial charge in [-0.3, -0.25) is 0 Å². The molecule has 0 amide bonds. The molecule has 1 aliphatic rings. The first-order valence-corrected chi connectivity index (χ1v) is 20.5. The van der Waals surface area contributed by atoms with Crippen molar-refractivity contribution in [2.45, 2.75) is 33.1 Å².